The fourth-order valence-electron chi connectivity index (χ4n) is 1.34. The van der Waals surface area contributed by atoms with Gasteiger partial charge in [0.25, 0.3) is 0 Å². The van der Waals surface area contributed by atoms with Gasteiger partial charge in [0, 0.05) is 0 Å². The summed E-state index contributed by atoms with van der Waals surface area (Å²) in [6.45, 7) is 2.93. The average Bonchev–Trinajstić information content (AvgIpc) is 2.04. The minimum atomic E-state index is 0.829. The van der Waals surface area contributed by atoms with Crippen LogP contribution in [-0.2, 0) is 0 Å². The molecule has 1 aliphatic heterocycles. The van der Waals surface area contributed by atoms with Gasteiger partial charge in [0.2, 0.25) is 0 Å². The number of hydrogen-bond acceptors (Lipinski definition) is 1. The van der Waals surface area contributed by atoms with Gasteiger partial charge in [0.05, 0.1) is 6.61 Å². The summed E-state index contributed by atoms with van der Waals surface area (Å²) in [4.78, 5) is 0. The van der Waals surface area contributed by atoms with Crippen molar-refractivity contribution in [3.8, 4) is 5.75 Å². The van der Waals surface area contributed by atoms with Gasteiger partial charge in [-0.3, -0.25) is 0 Å². The van der Waals surface area contributed by atoms with Gasteiger partial charge in [-0.05, 0) is 31.4 Å². The Bertz CT molecular complexity index is 266. The Kier molecular flexibility index (Phi) is 1.57. The van der Waals surface area contributed by atoms with Crippen LogP contribution in [0.5, 0.6) is 5.75 Å². The molecule has 0 amide bonds. The summed E-state index contributed by atoms with van der Waals surface area (Å²) in [7, 11) is 0. The van der Waals surface area contributed by atoms with Gasteiger partial charge in [-0.25, -0.2) is 0 Å². The molecule has 1 aliphatic rings. The van der Waals surface area contributed by atoms with E-state index in [0.29, 0.717) is 0 Å². The van der Waals surface area contributed by atoms with Crippen molar-refractivity contribution in [2.24, 2.45) is 0 Å². The van der Waals surface area contributed by atoms with E-state index in [1.54, 1.807) is 0 Å². The molecule has 0 aliphatic carbocycles. The van der Waals surface area contributed by atoms with Crippen molar-refractivity contribution in [2.45, 2.75) is 13.3 Å². The molecule has 57 valence electrons. The van der Waals surface area contributed by atoms with Gasteiger partial charge < -0.3 is 4.74 Å². The van der Waals surface area contributed by atoms with E-state index in [1.165, 1.54) is 11.1 Å². The normalized spacial score (nSPS) is 15.4. The summed E-state index contributed by atoms with van der Waals surface area (Å²) in [6.07, 6.45) is 3.27. The zero-order valence-corrected chi connectivity index (χ0v) is 6.63. The Morgan fingerprint density at radius 1 is 1.36 bits per heavy atom. The smallest absolute Gasteiger partial charge is 0.122 e. The molecule has 0 atom stereocenters. The molecule has 11 heavy (non-hydrogen) atoms. The molecule has 0 saturated heterocycles. The monoisotopic (exact) mass is 147 g/mol. The summed E-state index contributed by atoms with van der Waals surface area (Å²) in [6, 6.07) is 6.28. The molecule has 1 aromatic rings. The molecule has 0 aromatic heterocycles. The molecule has 1 radical (unpaired) electrons. The van der Waals surface area contributed by atoms with Crippen LogP contribution in [0.15, 0.2) is 18.2 Å². The first-order valence-corrected chi connectivity index (χ1v) is 3.93. The first-order valence-electron chi connectivity index (χ1n) is 3.93. The highest BCUT2D eigenvalue weighted by Crippen LogP contribution is 2.26. The molecule has 0 fully saturated rings. The Hall–Kier alpha value is -0.980. The molecule has 1 heteroatoms. The first kappa shape index (κ1) is 6.71. The van der Waals surface area contributed by atoms with Gasteiger partial charge in [-0.2, -0.15) is 0 Å². The second-order valence-electron chi connectivity index (χ2n) is 2.88. The number of fused-ring (bicyclic) bond motifs is 1. The summed E-state index contributed by atoms with van der Waals surface area (Å²) in [5, 5.41) is 0. The molecular weight excluding hydrogens is 136 g/mol. The fraction of sp³-hybridized carbons (Fsp3) is 0.300. The Balaban J connectivity index is 2.43. The number of benzene rings is 1. The second kappa shape index (κ2) is 2.57. The molecule has 1 aromatic carbocycles. The van der Waals surface area contributed by atoms with Gasteiger partial charge in [0.15, 0.2) is 0 Å². The van der Waals surface area contributed by atoms with E-state index in [-0.39, 0.29) is 0 Å². The van der Waals surface area contributed by atoms with Crippen LogP contribution < -0.4 is 4.74 Å². The third kappa shape index (κ3) is 1.23. The third-order valence-corrected chi connectivity index (χ3v) is 1.90. The summed E-state index contributed by atoms with van der Waals surface area (Å²) < 4.78 is 5.45. The maximum atomic E-state index is 5.45. The minimum Gasteiger partial charge on any atom is -0.493 e. The Labute approximate surface area is 67.0 Å². The van der Waals surface area contributed by atoms with E-state index in [0.717, 1.165) is 18.8 Å². The van der Waals surface area contributed by atoms with Crippen LogP contribution in [-0.4, -0.2) is 6.61 Å². The Morgan fingerprint density at radius 2 is 2.27 bits per heavy atom. The highest BCUT2D eigenvalue weighted by atomic mass is 16.5. The molecule has 0 unspecified atom stereocenters. The van der Waals surface area contributed by atoms with Gasteiger partial charge in [0.1, 0.15) is 5.75 Å². The van der Waals surface area contributed by atoms with E-state index < -0.39 is 0 Å². The zero-order chi connectivity index (χ0) is 7.68. The standard InChI is InChI=1S/C10H11O/c1-8-4-5-10-9(7-8)3-2-6-11-10/h3-5,7H,2,6H2,1H3. The average molecular weight is 147 g/mol. The minimum absolute atomic E-state index is 0.829. The first-order chi connectivity index (χ1) is 5.36. The van der Waals surface area contributed by atoms with Crippen molar-refractivity contribution >= 4 is 0 Å². The van der Waals surface area contributed by atoms with Crippen molar-refractivity contribution < 1.29 is 4.74 Å². The quantitative estimate of drug-likeness (QED) is 0.547. The van der Waals surface area contributed by atoms with Crippen molar-refractivity contribution in [1.29, 1.82) is 0 Å². The predicted molar refractivity (Wildman–Crippen MR) is 44.7 cm³/mol. The van der Waals surface area contributed by atoms with Crippen LogP contribution in [0.3, 0.4) is 0 Å². The van der Waals surface area contributed by atoms with E-state index >= 15 is 0 Å². The molecule has 0 saturated carbocycles. The maximum absolute atomic E-state index is 5.45. The molecule has 0 N–H and O–H groups in total. The maximum Gasteiger partial charge on any atom is 0.122 e. The van der Waals surface area contributed by atoms with E-state index in [4.69, 9.17) is 4.74 Å². The lowest BCUT2D eigenvalue weighted by atomic mass is 10.0. The van der Waals surface area contributed by atoms with Gasteiger partial charge in [-0.1, -0.05) is 17.7 Å². The number of rotatable bonds is 0. The number of hydrogen-bond donors (Lipinski definition) is 0. The number of aryl methyl sites for hydroxylation is 1. The van der Waals surface area contributed by atoms with Crippen LogP contribution >= 0.6 is 0 Å². The van der Waals surface area contributed by atoms with E-state index in [2.05, 4.69) is 25.5 Å². The van der Waals surface area contributed by atoms with Crippen molar-refractivity contribution in [2.75, 3.05) is 6.61 Å². The van der Waals surface area contributed by atoms with Crippen molar-refractivity contribution in [3.63, 3.8) is 0 Å². The molecule has 0 spiro atoms. The Morgan fingerprint density at radius 3 is 3.18 bits per heavy atom. The summed E-state index contributed by atoms with van der Waals surface area (Å²) in [5.41, 5.74) is 2.54. The predicted octanol–water partition coefficient (Wildman–Crippen LogP) is 2.33. The molecule has 1 nitrogen and oxygen atoms in total. The van der Waals surface area contributed by atoms with Crippen LogP contribution in [0, 0.1) is 13.3 Å². The van der Waals surface area contributed by atoms with Gasteiger partial charge in [-0.15, -0.1) is 0 Å². The third-order valence-electron chi connectivity index (χ3n) is 1.90. The van der Waals surface area contributed by atoms with Crippen LogP contribution in [0.1, 0.15) is 17.5 Å². The van der Waals surface area contributed by atoms with Gasteiger partial charge >= 0.3 is 0 Å². The van der Waals surface area contributed by atoms with Crippen molar-refractivity contribution in [1.82, 2.24) is 0 Å². The molecule has 0 bridgehead atoms. The zero-order valence-electron chi connectivity index (χ0n) is 6.63. The summed E-state index contributed by atoms with van der Waals surface area (Å²) >= 11 is 0. The molecule has 1 heterocycles. The largest absolute Gasteiger partial charge is 0.493 e. The van der Waals surface area contributed by atoms with Crippen LogP contribution in [0.2, 0.25) is 0 Å². The number of ether oxygens (including phenoxy) is 1. The van der Waals surface area contributed by atoms with E-state index in [1.807, 2.05) is 6.07 Å². The van der Waals surface area contributed by atoms with E-state index in [9.17, 15) is 0 Å². The second-order valence-corrected chi connectivity index (χ2v) is 2.88. The summed E-state index contributed by atoms with van der Waals surface area (Å²) in [5.74, 6) is 1.03. The fourth-order valence-corrected chi connectivity index (χ4v) is 1.34. The van der Waals surface area contributed by atoms with Crippen molar-refractivity contribution in [3.05, 3.63) is 35.7 Å². The highest BCUT2D eigenvalue weighted by molar-refractivity contribution is 5.42. The lowest BCUT2D eigenvalue weighted by Gasteiger charge is -2.16. The molecule has 2 rings (SSSR count). The molecular formula is C10H11O. The van der Waals surface area contributed by atoms with Crippen LogP contribution in [0.4, 0.5) is 0 Å². The SMILES string of the molecule is Cc1ccc2c(c1)[CH]CCO2. The lowest BCUT2D eigenvalue weighted by Crippen LogP contribution is -2.06. The lowest BCUT2D eigenvalue weighted by molar-refractivity contribution is 0.306. The highest BCUT2D eigenvalue weighted by Gasteiger charge is 2.08. The topological polar surface area (TPSA) is 9.23 Å². The van der Waals surface area contributed by atoms with Crippen LogP contribution in [0.25, 0.3) is 0 Å².